The van der Waals surface area contributed by atoms with Gasteiger partial charge in [-0.25, -0.2) is 19.5 Å². The number of likely N-dealkylation sites (N-methyl/N-ethyl adjacent to an activating group) is 1. The lowest BCUT2D eigenvalue weighted by Crippen LogP contribution is -2.29. The molecule has 1 N–H and O–H groups in total. The Bertz CT molecular complexity index is 1390. The fourth-order valence-corrected chi connectivity index (χ4v) is 4.99. The molecule has 1 aromatic carbocycles. The van der Waals surface area contributed by atoms with Gasteiger partial charge in [0.15, 0.2) is 0 Å². The number of rotatable bonds is 4. The SMILES string of the molecule is CCN1CCc2nc(N=Cc3c(O)n(-c4ccc(Cl)cn4)c(=O)c4ccccc34)sc2C1. The normalized spacial score (nSPS) is 14.3. The molecular weight excluding hydrogens is 446 g/mol. The van der Waals surface area contributed by atoms with Gasteiger partial charge in [0.05, 0.1) is 16.3 Å². The van der Waals surface area contributed by atoms with E-state index >= 15 is 0 Å². The summed E-state index contributed by atoms with van der Waals surface area (Å²) < 4.78 is 1.17. The summed E-state index contributed by atoms with van der Waals surface area (Å²) >= 11 is 7.50. The van der Waals surface area contributed by atoms with Gasteiger partial charge in [-0.15, -0.1) is 0 Å². The number of hydrogen-bond acceptors (Lipinski definition) is 7. The molecule has 0 amide bonds. The van der Waals surface area contributed by atoms with Gasteiger partial charge in [-0.05, 0) is 24.7 Å². The van der Waals surface area contributed by atoms with E-state index in [2.05, 4.69) is 26.8 Å². The quantitative estimate of drug-likeness (QED) is 0.453. The van der Waals surface area contributed by atoms with E-state index in [1.54, 1.807) is 47.9 Å². The van der Waals surface area contributed by atoms with Crippen LogP contribution in [0.5, 0.6) is 5.88 Å². The minimum atomic E-state index is -0.366. The van der Waals surface area contributed by atoms with E-state index in [0.717, 1.165) is 31.7 Å². The zero-order valence-corrected chi connectivity index (χ0v) is 18.9. The first kappa shape index (κ1) is 20.8. The average Bonchev–Trinajstić information content (AvgIpc) is 3.22. The summed E-state index contributed by atoms with van der Waals surface area (Å²) in [5.74, 6) is 0.0485. The van der Waals surface area contributed by atoms with Crippen molar-refractivity contribution in [3.63, 3.8) is 0 Å². The number of nitrogens with zero attached hydrogens (tertiary/aromatic N) is 5. The van der Waals surface area contributed by atoms with Gasteiger partial charge in [-0.3, -0.25) is 9.69 Å². The number of aromatic nitrogens is 3. The number of aliphatic imine (C=N–C) groups is 1. The van der Waals surface area contributed by atoms with Crippen molar-refractivity contribution in [2.24, 2.45) is 4.99 Å². The summed E-state index contributed by atoms with van der Waals surface area (Å²) in [7, 11) is 0. The smallest absolute Gasteiger partial charge is 0.267 e. The van der Waals surface area contributed by atoms with Crippen LogP contribution in [0, 0.1) is 0 Å². The molecule has 3 aromatic heterocycles. The molecule has 0 fully saturated rings. The molecule has 1 aliphatic heterocycles. The van der Waals surface area contributed by atoms with E-state index in [1.165, 1.54) is 15.6 Å². The molecule has 0 radical (unpaired) electrons. The molecule has 162 valence electrons. The van der Waals surface area contributed by atoms with Crippen molar-refractivity contribution in [1.82, 2.24) is 19.4 Å². The van der Waals surface area contributed by atoms with Crippen LogP contribution in [-0.2, 0) is 13.0 Å². The molecule has 0 atom stereocenters. The van der Waals surface area contributed by atoms with Crippen molar-refractivity contribution >= 4 is 45.1 Å². The molecule has 4 heterocycles. The highest BCUT2D eigenvalue weighted by Gasteiger charge is 2.20. The average molecular weight is 466 g/mol. The van der Waals surface area contributed by atoms with Gasteiger partial charge in [0.2, 0.25) is 11.0 Å². The minimum absolute atomic E-state index is 0.231. The van der Waals surface area contributed by atoms with Crippen LogP contribution in [0.2, 0.25) is 5.02 Å². The molecule has 1 aliphatic rings. The maximum absolute atomic E-state index is 13.1. The van der Waals surface area contributed by atoms with E-state index in [1.807, 2.05) is 6.07 Å². The molecule has 0 saturated carbocycles. The third kappa shape index (κ3) is 3.70. The third-order valence-corrected chi connectivity index (χ3v) is 6.81. The van der Waals surface area contributed by atoms with Gasteiger partial charge < -0.3 is 5.11 Å². The number of aromatic hydroxyl groups is 1. The van der Waals surface area contributed by atoms with Crippen LogP contribution in [0.25, 0.3) is 16.6 Å². The van der Waals surface area contributed by atoms with Crippen molar-refractivity contribution < 1.29 is 5.11 Å². The minimum Gasteiger partial charge on any atom is -0.494 e. The van der Waals surface area contributed by atoms with Gasteiger partial charge in [0.1, 0.15) is 5.82 Å². The molecule has 0 aliphatic carbocycles. The predicted octanol–water partition coefficient (Wildman–Crippen LogP) is 4.33. The number of benzene rings is 1. The standard InChI is InChI=1S/C23H20ClN5O2S/c1-2-28-10-9-18-19(13-28)32-23(27-18)26-12-17-15-5-3-4-6-16(15)21(30)29(22(17)31)20-8-7-14(24)11-25-20/h3-8,11-12,31H,2,9-10,13H2,1H3. The van der Waals surface area contributed by atoms with Crippen molar-refractivity contribution in [2.75, 3.05) is 13.1 Å². The summed E-state index contributed by atoms with van der Waals surface area (Å²) in [6.45, 7) is 5.06. The zero-order chi connectivity index (χ0) is 22.2. The highest BCUT2D eigenvalue weighted by atomic mass is 35.5. The van der Waals surface area contributed by atoms with Gasteiger partial charge >= 0.3 is 0 Å². The fourth-order valence-electron chi connectivity index (χ4n) is 3.88. The van der Waals surface area contributed by atoms with E-state index in [-0.39, 0.29) is 17.3 Å². The highest BCUT2D eigenvalue weighted by Crippen LogP contribution is 2.31. The second-order valence-corrected chi connectivity index (χ2v) is 9.00. The maximum atomic E-state index is 13.1. The number of halogens is 1. The molecule has 0 bridgehead atoms. The molecular formula is C23H20ClN5O2S. The molecule has 7 nitrogen and oxygen atoms in total. The molecule has 5 rings (SSSR count). The third-order valence-electron chi connectivity index (χ3n) is 5.59. The lowest BCUT2D eigenvalue weighted by Gasteiger charge is -2.23. The van der Waals surface area contributed by atoms with Crippen LogP contribution < -0.4 is 5.56 Å². The van der Waals surface area contributed by atoms with Gasteiger partial charge in [-0.2, -0.15) is 0 Å². The van der Waals surface area contributed by atoms with Crippen LogP contribution in [0.4, 0.5) is 5.13 Å². The summed E-state index contributed by atoms with van der Waals surface area (Å²) in [5, 5.41) is 13.2. The van der Waals surface area contributed by atoms with E-state index < -0.39 is 0 Å². The second-order valence-electron chi connectivity index (χ2n) is 7.50. The Labute approximate surface area is 193 Å². The zero-order valence-electron chi connectivity index (χ0n) is 17.3. The van der Waals surface area contributed by atoms with Crippen LogP contribution in [0.1, 0.15) is 23.1 Å². The monoisotopic (exact) mass is 465 g/mol. The Hall–Kier alpha value is -3.07. The van der Waals surface area contributed by atoms with Crippen LogP contribution in [-0.4, -0.2) is 43.8 Å². The number of thiazole rings is 1. The lowest BCUT2D eigenvalue weighted by molar-refractivity contribution is 0.270. The first-order valence-corrected chi connectivity index (χ1v) is 11.5. The molecule has 0 unspecified atom stereocenters. The van der Waals surface area contributed by atoms with Crippen molar-refractivity contribution in [1.29, 1.82) is 0 Å². The summed E-state index contributed by atoms with van der Waals surface area (Å²) in [6.07, 6.45) is 3.92. The molecule has 32 heavy (non-hydrogen) atoms. The van der Waals surface area contributed by atoms with Crippen molar-refractivity contribution in [3.05, 3.63) is 74.1 Å². The first-order valence-electron chi connectivity index (χ1n) is 10.3. The largest absolute Gasteiger partial charge is 0.494 e. The van der Waals surface area contributed by atoms with Gasteiger partial charge in [0, 0.05) is 47.6 Å². The van der Waals surface area contributed by atoms with Crippen LogP contribution in [0.15, 0.2) is 52.4 Å². The predicted molar refractivity (Wildman–Crippen MR) is 128 cm³/mol. The van der Waals surface area contributed by atoms with Crippen molar-refractivity contribution in [2.45, 2.75) is 19.9 Å². The Balaban J connectivity index is 1.62. The van der Waals surface area contributed by atoms with Gasteiger partial charge in [0.25, 0.3) is 5.56 Å². The lowest BCUT2D eigenvalue weighted by atomic mass is 10.1. The summed E-state index contributed by atoms with van der Waals surface area (Å²) in [5.41, 5.74) is 1.16. The van der Waals surface area contributed by atoms with E-state index in [9.17, 15) is 9.90 Å². The highest BCUT2D eigenvalue weighted by molar-refractivity contribution is 7.15. The fraction of sp³-hybridized carbons (Fsp3) is 0.217. The number of hydrogen-bond donors (Lipinski definition) is 1. The van der Waals surface area contributed by atoms with E-state index in [0.29, 0.717) is 26.5 Å². The first-order chi connectivity index (χ1) is 15.5. The maximum Gasteiger partial charge on any atom is 0.267 e. The van der Waals surface area contributed by atoms with Crippen LogP contribution >= 0.6 is 22.9 Å². The van der Waals surface area contributed by atoms with E-state index in [4.69, 9.17) is 11.6 Å². The second kappa shape index (κ2) is 8.46. The molecule has 4 aromatic rings. The number of fused-ring (bicyclic) bond motifs is 2. The van der Waals surface area contributed by atoms with Crippen LogP contribution in [0.3, 0.4) is 0 Å². The van der Waals surface area contributed by atoms with Crippen molar-refractivity contribution in [3.8, 4) is 11.7 Å². The molecule has 9 heteroatoms. The number of pyridine rings is 2. The Morgan fingerprint density at radius 1 is 1.25 bits per heavy atom. The summed E-state index contributed by atoms with van der Waals surface area (Å²) in [4.78, 5) is 30.2. The Kier molecular flexibility index (Phi) is 5.50. The topological polar surface area (TPSA) is 83.6 Å². The molecule has 0 saturated heterocycles. The Morgan fingerprint density at radius 3 is 2.81 bits per heavy atom. The van der Waals surface area contributed by atoms with Gasteiger partial charge in [-0.1, -0.05) is 48.1 Å². The summed E-state index contributed by atoms with van der Waals surface area (Å²) in [6, 6.07) is 10.3. The Morgan fingerprint density at radius 2 is 2.06 bits per heavy atom. The molecule has 0 spiro atoms.